The molecular formula is C13H27N3O3S. The second kappa shape index (κ2) is 8.59. The zero-order valence-corrected chi connectivity index (χ0v) is 13.3. The lowest BCUT2D eigenvalue weighted by Crippen LogP contribution is -2.53. The van der Waals surface area contributed by atoms with Gasteiger partial charge in [-0.3, -0.25) is 4.79 Å². The van der Waals surface area contributed by atoms with Gasteiger partial charge in [0.05, 0.1) is 5.75 Å². The van der Waals surface area contributed by atoms with Crippen LogP contribution in [0.2, 0.25) is 0 Å². The molecule has 1 unspecified atom stereocenters. The van der Waals surface area contributed by atoms with Crippen LogP contribution >= 0.6 is 0 Å². The topological polar surface area (TPSA) is 78.5 Å². The van der Waals surface area contributed by atoms with Crippen LogP contribution in [0.15, 0.2) is 0 Å². The van der Waals surface area contributed by atoms with Crippen LogP contribution in [0.3, 0.4) is 0 Å². The van der Waals surface area contributed by atoms with Gasteiger partial charge in [-0.15, -0.1) is 0 Å². The Labute approximate surface area is 122 Å². The molecule has 0 aromatic carbocycles. The maximum Gasteiger partial charge on any atom is 0.238 e. The van der Waals surface area contributed by atoms with E-state index in [1.807, 2.05) is 13.8 Å². The number of likely N-dealkylation sites (N-methyl/N-ethyl adjacent to an activating group) is 1. The summed E-state index contributed by atoms with van der Waals surface area (Å²) in [5.41, 5.74) is 0. The number of carbonyl (C=O) groups excluding carboxylic acids is 1. The smallest absolute Gasteiger partial charge is 0.238 e. The SMILES string of the molecule is CCCS(=O)(=O)N1CCCCC1C(=O)NCCNCC. The van der Waals surface area contributed by atoms with Gasteiger partial charge < -0.3 is 10.6 Å². The average Bonchev–Trinajstić information content (AvgIpc) is 2.43. The van der Waals surface area contributed by atoms with Crippen LogP contribution < -0.4 is 10.6 Å². The van der Waals surface area contributed by atoms with E-state index in [1.54, 1.807) is 0 Å². The first-order valence-corrected chi connectivity index (χ1v) is 9.11. The summed E-state index contributed by atoms with van der Waals surface area (Å²) in [5, 5.41) is 5.95. The van der Waals surface area contributed by atoms with Gasteiger partial charge in [-0.2, -0.15) is 4.31 Å². The van der Waals surface area contributed by atoms with Crippen molar-refractivity contribution in [3.05, 3.63) is 0 Å². The summed E-state index contributed by atoms with van der Waals surface area (Å²) in [4.78, 5) is 12.2. The van der Waals surface area contributed by atoms with Gasteiger partial charge in [0.15, 0.2) is 0 Å². The third-order valence-corrected chi connectivity index (χ3v) is 5.50. The van der Waals surface area contributed by atoms with Crippen LogP contribution in [0.4, 0.5) is 0 Å². The number of sulfonamides is 1. The molecule has 0 aromatic heterocycles. The van der Waals surface area contributed by atoms with E-state index in [0.29, 0.717) is 32.5 Å². The number of amides is 1. The molecule has 1 aliphatic heterocycles. The Morgan fingerprint density at radius 1 is 1.25 bits per heavy atom. The number of rotatable bonds is 8. The Morgan fingerprint density at radius 3 is 2.65 bits per heavy atom. The highest BCUT2D eigenvalue weighted by atomic mass is 32.2. The van der Waals surface area contributed by atoms with Gasteiger partial charge in [0.2, 0.25) is 15.9 Å². The second-order valence-corrected chi connectivity index (χ2v) is 7.12. The van der Waals surface area contributed by atoms with E-state index in [1.165, 1.54) is 4.31 Å². The van der Waals surface area contributed by atoms with Crippen molar-refractivity contribution in [3.63, 3.8) is 0 Å². The third kappa shape index (κ3) is 5.03. The molecule has 6 nitrogen and oxygen atoms in total. The van der Waals surface area contributed by atoms with Crippen molar-refractivity contribution in [2.75, 3.05) is 31.9 Å². The fourth-order valence-corrected chi connectivity index (χ4v) is 4.19. The number of hydrogen-bond donors (Lipinski definition) is 2. The van der Waals surface area contributed by atoms with Crippen LogP contribution in [-0.2, 0) is 14.8 Å². The molecule has 1 saturated heterocycles. The van der Waals surface area contributed by atoms with Gasteiger partial charge in [0.25, 0.3) is 0 Å². The van der Waals surface area contributed by atoms with Gasteiger partial charge in [0, 0.05) is 19.6 Å². The second-order valence-electron chi connectivity index (χ2n) is 5.08. The molecule has 0 spiro atoms. The van der Waals surface area contributed by atoms with Gasteiger partial charge in [-0.05, 0) is 25.8 Å². The molecular weight excluding hydrogens is 278 g/mol. The molecule has 1 heterocycles. The lowest BCUT2D eigenvalue weighted by atomic mass is 10.0. The Morgan fingerprint density at radius 2 is 2.00 bits per heavy atom. The number of carbonyl (C=O) groups is 1. The first kappa shape index (κ1) is 17.4. The van der Waals surface area contributed by atoms with E-state index >= 15 is 0 Å². The lowest BCUT2D eigenvalue weighted by molar-refractivity contribution is -0.125. The normalized spacial score (nSPS) is 20.8. The minimum Gasteiger partial charge on any atom is -0.353 e. The summed E-state index contributed by atoms with van der Waals surface area (Å²) in [6, 6.07) is -0.526. The molecule has 0 aromatic rings. The van der Waals surface area contributed by atoms with Gasteiger partial charge >= 0.3 is 0 Å². The van der Waals surface area contributed by atoms with E-state index < -0.39 is 16.1 Å². The summed E-state index contributed by atoms with van der Waals surface area (Å²) in [7, 11) is -3.31. The van der Waals surface area contributed by atoms with Crippen molar-refractivity contribution in [1.82, 2.24) is 14.9 Å². The zero-order valence-electron chi connectivity index (χ0n) is 12.5. The molecule has 1 rings (SSSR count). The highest BCUT2D eigenvalue weighted by Gasteiger charge is 2.35. The van der Waals surface area contributed by atoms with Crippen molar-refractivity contribution in [3.8, 4) is 0 Å². The van der Waals surface area contributed by atoms with Gasteiger partial charge in [-0.1, -0.05) is 20.3 Å². The number of piperidine rings is 1. The predicted molar refractivity (Wildman–Crippen MR) is 80.0 cm³/mol. The third-order valence-electron chi connectivity index (χ3n) is 3.43. The van der Waals surface area contributed by atoms with Crippen molar-refractivity contribution in [2.24, 2.45) is 0 Å². The minimum absolute atomic E-state index is 0.119. The van der Waals surface area contributed by atoms with Crippen molar-refractivity contribution in [1.29, 1.82) is 0 Å². The largest absolute Gasteiger partial charge is 0.353 e. The molecule has 1 fully saturated rings. The highest BCUT2D eigenvalue weighted by molar-refractivity contribution is 7.89. The minimum atomic E-state index is -3.31. The first-order chi connectivity index (χ1) is 9.53. The molecule has 7 heteroatoms. The molecule has 0 aliphatic carbocycles. The molecule has 0 saturated carbocycles. The summed E-state index contributed by atoms with van der Waals surface area (Å²) in [6.07, 6.45) is 2.94. The van der Waals surface area contributed by atoms with Crippen LogP contribution in [-0.4, -0.2) is 56.6 Å². The number of hydrogen-bond acceptors (Lipinski definition) is 4. The molecule has 1 aliphatic rings. The van der Waals surface area contributed by atoms with Crippen molar-refractivity contribution < 1.29 is 13.2 Å². The first-order valence-electron chi connectivity index (χ1n) is 7.50. The zero-order chi connectivity index (χ0) is 15.0. The van der Waals surface area contributed by atoms with Gasteiger partial charge in [-0.25, -0.2) is 8.42 Å². The van der Waals surface area contributed by atoms with Crippen LogP contribution in [0, 0.1) is 0 Å². The average molecular weight is 305 g/mol. The summed E-state index contributed by atoms with van der Waals surface area (Å²) in [6.45, 7) is 6.40. The maximum atomic E-state index is 12.2. The molecule has 20 heavy (non-hydrogen) atoms. The Hall–Kier alpha value is -0.660. The van der Waals surface area contributed by atoms with E-state index in [-0.39, 0.29) is 11.7 Å². The standard InChI is InChI=1S/C13H27N3O3S/c1-3-11-20(18,19)16-10-6-5-7-12(16)13(17)15-9-8-14-4-2/h12,14H,3-11H2,1-2H3,(H,15,17). The van der Waals surface area contributed by atoms with Crippen molar-refractivity contribution in [2.45, 2.75) is 45.6 Å². The summed E-state index contributed by atoms with van der Waals surface area (Å²) < 4.78 is 25.8. The van der Waals surface area contributed by atoms with Crippen LogP contribution in [0.5, 0.6) is 0 Å². The van der Waals surface area contributed by atoms with E-state index in [2.05, 4.69) is 10.6 Å². The van der Waals surface area contributed by atoms with Gasteiger partial charge in [0.1, 0.15) is 6.04 Å². The van der Waals surface area contributed by atoms with Crippen LogP contribution in [0.1, 0.15) is 39.5 Å². The molecule has 1 amide bonds. The summed E-state index contributed by atoms with van der Waals surface area (Å²) >= 11 is 0. The molecule has 2 N–H and O–H groups in total. The fraction of sp³-hybridized carbons (Fsp3) is 0.923. The Bertz CT molecular complexity index is 398. The Balaban J connectivity index is 2.62. The number of nitrogens with zero attached hydrogens (tertiary/aromatic N) is 1. The predicted octanol–water partition coefficient (Wildman–Crippen LogP) is 0.306. The van der Waals surface area contributed by atoms with Crippen LogP contribution in [0.25, 0.3) is 0 Å². The number of nitrogens with one attached hydrogen (secondary N) is 2. The molecule has 1 atom stereocenters. The molecule has 0 bridgehead atoms. The summed E-state index contributed by atoms with van der Waals surface area (Å²) in [5.74, 6) is -0.0453. The monoisotopic (exact) mass is 305 g/mol. The molecule has 0 radical (unpaired) electrons. The van der Waals surface area contributed by atoms with E-state index in [9.17, 15) is 13.2 Å². The van der Waals surface area contributed by atoms with E-state index in [0.717, 1.165) is 19.4 Å². The van der Waals surface area contributed by atoms with Crippen molar-refractivity contribution >= 4 is 15.9 Å². The fourth-order valence-electron chi connectivity index (χ4n) is 2.44. The van der Waals surface area contributed by atoms with E-state index in [4.69, 9.17) is 0 Å². The lowest BCUT2D eigenvalue weighted by Gasteiger charge is -2.33. The Kier molecular flexibility index (Phi) is 7.47. The maximum absolute atomic E-state index is 12.2. The highest BCUT2D eigenvalue weighted by Crippen LogP contribution is 2.21. The molecule has 118 valence electrons. The quantitative estimate of drug-likeness (QED) is 0.633.